The van der Waals surface area contributed by atoms with Crippen LogP contribution in [0, 0.1) is 0 Å². The molecule has 0 fully saturated rings. The number of aromatic nitrogens is 1. The van der Waals surface area contributed by atoms with E-state index < -0.39 is 0 Å². The van der Waals surface area contributed by atoms with Gasteiger partial charge in [-0.15, -0.1) is 0 Å². The average Bonchev–Trinajstić information content (AvgIpc) is 2.25. The summed E-state index contributed by atoms with van der Waals surface area (Å²) in [5.41, 5.74) is 0.647. The molecule has 1 aromatic rings. The molecule has 1 rings (SSSR count). The zero-order valence-corrected chi connectivity index (χ0v) is 9.97. The topological polar surface area (TPSA) is 53.4 Å². The molecule has 16 heavy (non-hydrogen) atoms. The Hall–Kier alpha value is -1.42. The fraction of sp³-hybridized carbons (Fsp3) is 0.500. The van der Waals surface area contributed by atoms with Crippen molar-refractivity contribution in [3.8, 4) is 0 Å². The summed E-state index contributed by atoms with van der Waals surface area (Å²) >= 11 is 0. The van der Waals surface area contributed by atoms with E-state index in [2.05, 4.69) is 4.98 Å². The smallest absolute Gasteiger partial charge is 0.159 e. The molecule has 0 spiro atoms. The molecule has 0 bridgehead atoms. The molecule has 0 amide bonds. The van der Waals surface area contributed by atoms with Gasteiger partial charge in [0.2, 0.25) is 0 Å². The van der Waals surface area contributed by atoms with Crippen LogP contribution in [0.25, 0.3) is 0 Å². The maximum atomic E-state index is 11.3. The first-order chi connectivity index (χ1) is 7.56. The van der Waals surface area contributed by atoms with Crippen LogP contribution < -0.4 is 4.90 Å². The standard InChI is InChI=1S/C12H18N2O2/c1-9(2)14(6-7-15)12-8-11(10(3)16)4-5-13-12/h4-5,8-9,15H,6-7H2,1-3H3. The Morgan fingerprint density at radius 2 is 2.25 bits per heavy atom. The Bertz CT molecular complexity index is 364. The minimum Gasteiger partial charge on any atom is -0.395 e. The van der Waals surface area contributed by atoms with Gasteiger partial charge in [-0.1, -0.05) is 0 Å². The maximum absolute atomic E-state index is 11.3. The van der Waals surface area contributed by atoms with Gasteiger partial charge in [0, 0.05) is 24.3 Å². The van der Waals surface area contributed by atoms with Crippen molar-refractivity contribution in [2.45, 2.75) is 26.8 Å². The highest BCUT2D eigenvalue weighted by Crippen LogP contribution is 2.15. The van der Waals surface area contributed by atoms with Crippen molar-refractivity contribution in [2.24, 2.45) is 0 Å². The van der Waals surface area contributed by atoms with Gasteiger partial charge in [0.05, 0.1) is 6.61 Å². The second kappa shape index (κ2) is 5.61. The molecule has 1 N–H and O–H groups in total. The predicted octanol–water partition coefficient (Wildman–Crippen LogP) is 1.49. The zero-order valence-electron chi connectivity index (χ0n) is 9.97. The first-order valence-electron chi connectivity index (χ1n) is 5.40. The van der Waals surface area contributed by atoms with Crippen LogP contribution >= 0.6 is 0 Å². The molecule has 0 radical (unpaired) electrons. The molecule has 0 aliphatic rings. The highest BCUT2D eigenvalue weighted by atomic mass is 16.3. The number of ketones is 1. The van der Waals surface area contributed by atoms with Crippen LogP contribution in [0.1, 0.15) is 31.1 Å². The first-order valence-corrected chi connectivity index (χ1v) is 5.40. The van der Waals surface area contributed by atoms with Gasteiger partial charge in [0.25, 0.3) is 0 Å². The third-order valence-corrected chi connectivity index (χ3v) is 2.41. The molecule has 4 nitrogen and oxygen atoms in total. The number of carbonyl (C=O) groups is 1. The van der Waals surface area contributed by atoms with Crippen LogP contribution in [-0.4, -0.2) is 35.1 Å². The van der Waals surface area contributed by atoms with Crippen LogP contribution in [0.15, 0.2) is 18.3 Å². The van der Waals surface area contributed by atoms with E-state index in [1.54, 1.807) is 18.3 Å². The summed E-state index contributed by atoms with van der Waals surface area (Å²) in [6, 6.07) is 3.70. The number of hydrogen-bond acceptors (Lipinski definition) is 4. The molecule has 88 valence electrons. The van der Waals surface area contributed by atoms with Crippen LogP contribution in [0.3, 0.4) is 0 Å². The van der Waals surface area contributed by atoms with Crippen molar-refractivity contribution >= 4 is 11.6 Å². The van der Waals surface area contributed by atoms with E-state index in [0.717, 1.165) is 5.82 Å². The molecular formula is C12H18N2O2. The summed E-state index contributed by atoms with van der Waals surface area (Å²) in [4.78, 5) is 17.4. The predicted molar refractivity (Wildman–Crippen MR) is 63.8 cm³/mol. The fourth-order valence-corrected chi connectivity index (χ4v) is 1.54. The van der Waals surface area contributed by atoms with E-state index in [1.165, 1.54) is 6.92 Å². The van der Waals surface area contributed by atoms with Gasteiger partial charge in [-0.2, -0.15) is 0 Å². The lowest BCUT2D eigenvalue weighted by molar-refractivity contribution is 0.101. The third kappa shape index (κ3) is 3.03. The monoisotopic (exact) mass is 222 g/mol. The van der Waals surface area contributed by atoms with Gasteiger partial charge in [0.1, 0.15) is 5.82 Å². The number of carbonyl (C=O) groups excluding carboxylic acids is 1. The number of aliphatic hydroxyl groups is 1. The number of aliphatic hydroxyl groups excluding tert-OH is 1. The summed E-state index contributed by atoms with van der Waals surface area (Å²) in [7, 11) is 0. The van der Waals surface area contributed by atoms with Crippen molar-refractivity contribution < 1.29 is 9.90 Å². The molecule has 0 aliphatic carbocycles. The molecule has 0 saturated heterocycles. The van der Waals surface area contributed by atoms with Crippen molar-refractivity contribution in [1.82, 2.24) is 4.98 Å². The Balaban J connectivity index is 3.00. The van der Waals surface area contributed by atoms with E-state index in [9.17, 15) is 4.79 Å². The second-order valence-corrected chi connectivity index (χ2v) is 3.97. The first kappa shape index (κ1) is 12.6. The van der Waals surface area contributed by atoms with Crippen LogP contribution in [-0.2, 0) is 0 Å². The number of anilines is 1. The molecule has 4 heteroatoms. The summed E-state index contributed by atoms with van der Waals surface area (Å²) in [5.74, 6) is 0.758. The summed E-state index contributed by atoms with van der Waals surface area (Å²) < 4.78 is 0. The Kier molecular flexibility index (Phi) is 4.43. The fourth-order valence-electron chi connectivity index (χ4n) is 1.54. The van der Waals surface area contributed by atoms with E-state index in [-0.39, 0.29) is 18.4 Å². The van der Waals surface area contributed by atoms with Crippen molar-refractivity contribution in [3.05, 3.63) is 23.9 Å². The van der Waals surface area contributed by atoms with Crippen molar-refractivity contribution in [1.29, 1.82) is 0 Å². The SMILES string of the molecule is CC(=O)c1ccnc(N(CCO)C(C)C)c1. The summed E-state index contributed by atoms with van der Waals surface area (Å²) in [6.07, 6.45) is 1.62. The van der Waals surface area contributed by atoms with E-state index in [0.29, 0.717) is 12.1 Å². The number of rotatable bonds is 5. The Morgan fingerprint density at radius 1 is 1.56 bits per heavy atom. The number of hydrogen-bond donors (Lipinski definition) is 1. The van der Waals surface area contributed by atoms with Crippen molar-refractivity contribution in [3.63, 3.8) is 0 Å². The number of pyridine rings is 1. The van der Waals surface area contributed by atoms with Crippen LogP contribution in [0.4, 0.5) is 5.82 Å². The van der Waals surface area contributed by atoms with Gasteiger partial charge >= 0.3 is 0 Å². The maximum Gasteiger partial charge on any atom is 0.159 e. The van der Waals surface area contributed by atoms with Gasteiger partial charge in [0.15, 0.2) is 5.78 Å². The lowest BCUT2D eigenvalue weighted by Gasteiger charge is -2.27. The Labute approximate surface area is 95.9 Å². The quantitative estimate of drug-likeness (QED) is 0.767. The lowest BCUT2D eigenvalue weighted by Crippen LogP contribution is -2.34. The second-order valence-electron chi connectivity index (χ2n) is 3.97. The molecule has 0 atom stereocenters. The van der Waals surface area contributed by atoms with E-state index in [1.807, 2.05) is 18.7 Å². The average molecular weight is 222 g/mol. The lowest BCUT2D eigenvalue weighted by atomic mass is 10.2. The minimum atomic E-state index is 0.0244. The molecule has 0 saturated carbocycles. The van der Waals surface area contributed by atoms with Gasteiger partial charge in [-0.05, 0) is 32.9 Å². The molecule has 0 unspecified atom stereocenters. The highest BCUT2D eigenvalue weighted by molar-refractivity contribution is 5.94. The third-order valence-electron chi connectivity index (χ3n) is 2.41. The Morgan fingerprint density at radius 3 is 2.75 bits per heavy atom. The molecule has 1 aromatic heterocycles. The molecule has 0 aliphatic heterocycles. The van der Waals surface area contributed by atoms with E-state index in [4.69, 9.17) is 5.11 Å². The van der Waals surface area contributed by atoms with Crippen LogP contribution in [0.5, 0.6) is 0 Å². The summed E-state index contributed by atoms with van der Waals surface area (Å²) in [6.45, 7) is 6.18. The minimum absolute atomic E-state index is 0.0244. The molecule has 0 aromatic carbocycles. The normalized spacial score (nSPS) is 10.6. The highest BCUT2D eigenvalue weighted by Gasteiger charge is 2.12. The van der Waals surface area contributed by atoms with Crippen molar-refractivity contribution in [2.75, 3.05) is 18.1 Å². The van der Waals surface area contributed by atoms with E-state index >= 15 is 0 Å². The molecule has 1 heterocycles. The van der Waals surface area contributed by atoms with Gasteiger partial charge in [-0.25, -0.2) is 4.98 Å². The zero-order chi connectivity index (χ0) is 12.1. The van der Waals surface area contributed by atoms with Gasteiger partial charge < -0.3 is 10.0 Å². The van der Waals surface area contributed by atoms with Gasteiger partial charge in [-0.3, -0.25) is 4.79 Å². The molecular weight excluding hydrogens is 204 g/mol. The number of nitrogens with zero attached hydrogens (tertiary/aromatic N) is 2. The number of Topliss-reactive ketones (excluding diaryl/α,β-unsaturated/α-hetero) is 1. The van der Waals surface area contributed by atoms with Crippen LogP contribution in [0.2, 0.25) is 0 Å². The largest absolute Gasteiger partial charge is 0.395 e. The summed E-state index contributed by atoms with van der Waals surface area (Å²) in [5, 5.41) is 8.99.